The van der Waals surface area contributed by atoms with Crippen molar-refractivity contribution in [2.45, 2.75) is 36.9 Å². The minimum absolute atomic E-state index is 0.197. The summed E-state index contributed by atoms with van der Waals surface area (Å²) in [5.41, 5.74) is 2.33. The number of halogens is 3. The monoisotopic (exact) mass is 432 g/mol. The van der Waals surface area contributed by atoms with Crippen molar-refractivity contribution in [1.29, 1.82) is 0 Å². The first-order valence-electron chi connectivity index (χ1n) is 9.84. The van der Waals surface area contributed by atoms with Crippen molar-refractivity contribution in [2.24, 2.45) is 0 Å². The van der Waals surface area contributed by atoms with Crippen LogP contribution in [0.2, 0.25) is 0 Å². The van der Waals surface area contributed by atoms with Crippen molar-refractivity contribution in [3.8, 4) is 5.69 Å². The topological polar surface area (TPSA) is 62.1 Å². The van der Waals surface area contributed by atoms with E-state index in [-0.39, 0.29) is 18.5 Å². The van der Waals surface area contributed by atoms with E-state index in [1.54, 1.807) is 10.9 Å². The van der Waals surface area contributed by atoms with Gasteiger partial charge in [0, 0.05) is 30.5 Å². The number of hydrogen-bond acceptors (Lipinski definition) is 4. The molecule has 5 nitrogen and oxygen atoms in total. The molecule has 158 valence electrons. The van der Waals surface area contributed by atoms with Gasteiger partial charge >= 0.3 is 0 Å². The second-order valence-electron chi connectivity index (χ2n) is 7.73. The van der Waals surface area contributed by atoms with Gasteiger partial charge in [-0.25, -0.2) is 18.3 Å². The van der Waals surface area contributed by atoms with E-state index in [0.29, 0.717) is 5.56 Å². The molecule has 2 unspecified atom stereocenters. The SMILES string of the molecule is OC(CNC1(c2cccc(-n3cccn3)c2)CC1)C(Cc1cc(F)cc(F)c1)NCl. The average Bonchev–Trinajstić information content (AvgIpc) is 3.32. The zero-order valence-corrected chi connectivity index (χ0v) is 17.0. The first-order chi connectivity index (χ1) is 14.5. The Bertz CT molecular complexity index is 974. The third kappa shape index (κ3) is 4.70. The molecule has 0 saturated heterocycles. The number of nitrogens with zero attached hydrogens (tertiary/aromatic N) is 2. The molecule has 0 spiro atoms. The molecule has 8 heteroatoms. The van der Waals surface area contributed by atoms with Gasteiger partial charge in [0.05, 0.1) is 17.8 Å². The van der Waals surface area contributed by atoms with Crippen molar-refractivity contribution < 1.29 is 13.9 Å². The van der Waals surface area contributed by atoms with Crippen molar-refractivity contribution in [3.05, 3.63) is 83.7 Å². The van der Waals surface area contributed by atoms with Gasteiger partial charge in [0.25, 0.3) is 0 Å². The molecule has 1 aliphatic rings. The molecule has 0 radical (unpaired) electrons. The Labute approximate surface area is 178 Å². The maximum atomic E-state index is 13.4. The smallest absolute Gasteiger partial charge is 0.126 e. The minimum atomic E-state index is -0.847. The lowest BCUT2D eigenvalue weighted by atomic mass is 10.00. The van der Waals surface area contributed by atoms with E-state index in [4.69, 9.17) is 11.8 Å². The molecule has 3 aromatic rings. The molecular formula is C22H23ClF2N4O. The Morgan fingerprint density at radius 2 is 1.90 bits per heavy atom. The predicted octanol–water partition coefficient (Wildman–Crippen LogP) is 3.44. The normalized spacial score (nSPS) is 16.9. The summed E-state index contributed by atoms with van der Waals surface area (Å²) >= 11 is 5.82. The third-order valence-electron chi connectivity index (χ3n) is 5.55. The zero-order valence-electron chi connectivity index (χ0n) is 16.2. The van der Waals surface area contributed by atoms with Crippen LogP contribution in [0.1, 0.15) is 24.0 Å². The molecule has 1 aromatic heterocycles. The molecule has 3 N–H and O–H groups in total. The lowest BCUT2D eigenvalue weighted by Crippen LogP contribution is -2.45. The average molecular weight is 433 g/mol. The summed E-state index contributed by atoms with van der Waals surface area (Å²) < 4.78 is 28.7. The van der Waals surface area contributed by atoms with Crippen LogP contribution in [0.3, 0.4) is 0 Å². The van der Waals surface area contributed by atoms with Crippen LogP contribution < -0.4 is 10.2 Å². The van der Waals surface area contributed by atoms with Crippen molar-refractivity contribution in [3.63, 3.8) is 0 Å². The van der Waals surface area contributed by atoms with E-state index in [1.807, 2.05) is 24.4 Å². The summed E-state index contributed by atoms with van der Waals surface area (Å²) in [7, 11) is 0. The van der Waals surface area contributed by atoms with Gasteiger partial charge in [-0.1, -0.05) is 12.1 Å². The molecule has 0 amide bonds. The Morgan fingerprint density at radius 3 is 2.53 bits per heavy atom. The van der Waals surface area contributed by atoms with Gasteiger partial charge in [0.15, 0.2) is 0 Å². The quantitative estimate of drug-likeness (QED) is 0.453. The fourth-order valence-electron chi connectivity index (χ4n) is 3.73. The van der Waals surface area contributed by atoms with Gasteiger partial charge in [-0.05, 0) is 72.5 Å². The van der Waals surface area contributed by atoms with E-state index < -0.39 is 23.8 Å². The van der Waals surface area contributed by atoms with E-state index in [0.717, 1.165) is 30.2 Å². The van der Waals surface area contributed by atoms with Crippen LogP contribution in [0.15, 0.2) is 60.9 Å². The number of hydrogen-bond donors (Lipinski definition) is 3. The van der Waals surface area contributed by atoms with Crippen LogP contribution in [0.4, 0.5) is 8.78 Å². The first-order valence-corrected chi connectivity index (χ1v) is 10.2. The number of aliphatic hydroxyl groups is 1. The number of aromatic nitrogens is 2. The Kier molecular flexibility index (Phi) is 6.15. The maximum absolute atomic E-state index is 13.4. The molecule has 1 fully saturated rings. The molecule has 30 heavy (non-hydrogen) atoms. The van der Waals surface area contributed by atoms with Crippen molar-refractivity contribution in [2.75, 3.05) is 6.54 Å². The molecule has 0 aliphatic heterocycles. The Morgan fingerprint density at radius 1 is 1.13 bits per heavy atom. The van der Waals surface area contributed by atoms with E-state index in [2.05, 4.69) is 27.4 Å². The zero-order chi connectivity index (χ0) is 21.1. The minimum Gasteiger partial charge on any atom is -0.390 e. The van der Waals surface area contributed by atoms with Crippen LogP contribution >= 0.6 is 11.8 Å². The van der Waals surface area contributed by atoms with E-state index in [1.165, 1.54) is 12.1 Å². The lowest BCUT2D eigenvalue weighted by molar-refractivity contribution is 0.130. The molecule has 0 bridgehead atoms. The highest BCUT2D eigenvalue weighted by molar-refractivity contribution is 6.13. The maximum Gasteiger partial charge on any atom is 0.126 e. The van der Waals surface area contributed by atoms with Crippen molar-refractivity contribution >= 4 is 11.8 Å². The van der Waals surface area contributed by atoms with Crippen LogP contribution in [0.5, 0.6) is 0 Å². The van der Waals surface area contributed by atoms with E-state index >= 15 is 0 Å². The van der Waals surface area contributed by atoms with Gasteiger partial charge in [-0.3, -0.25) is 0 Å². The second-order valence-corrected chi connectivity index (χ2v) is 7.95. The standard InChI is InChI=1S/C22H23ClF2N4O/c23-28-20(11-15-9-17(24)13-18(25)10-15)21(30)14-26-22(5-6-22)16-3-1-4-19(12-16)29-8-2-7-27-29/h1-4,7-10,12-13,20-21,26,28,30H,5-6,11,14H2. The number of aliphatic hydroxyl groups excluding tert-OH is 1. The van der Waals surface area contributed by atoms with Gasteiger partial charge < -0.3 is 10.4 Å². The summed E-state index contributed by atoms with van der Waals surface area (Å²) in [4.78, 5) is 2.54. The van der Waals surface area contributed by atoms with Gasteiger partial charge in [0.1, 0.15) is 11.6 Å². The predicted molar refractivity (Wildman–Crippen MR) is 111 cm³/mol. The lowest BCUT2D eigenvalue weighted by Gasteiger charge is -2.25. The number of rotatable bonds is 9. The van der Waals surface area contributed by atoms with Gasteiger partial charge in [-0.2, -0.15) is 5.10 Å². The number of nitrogens with one attached hydrogen (secondary N) is 2. The van der Waals surface area contributed by atoms with Crippen LogP contribution in [0.25, 0.3) is 5.69 Å². The number of benzene rings is 2. The highest BCUT2D eigenvalue weighted by atomic mass is 35.5. The van der Waals surface area contributed by atoms with Crippen LogP contribution in [0, 0.1) is 11.6 Å². The van der Waals surface area contributed by atoms with Crippen molar-refractivity contribution in [1.82, 2.24) is 19.9 Å². The summed E-state index contributed by atoms with van der Waals surface area (Å²) in [6.07, 6.45) is 4.88. The highest BCUT2D eigenvalue weighted by Crippen LogP contribution is 2.45. The highest BCUT2D eigenvalue weighted by Gasteiger charge is 2.44. The van der Waals surface area contributed by atoms with Gasteiger partial charge in [-0.15, -0.1) is 0 Å². The summed E-state index contributed by atoms with van der Waals surface area (Å²) in [6.45, 7) is 0.286. The largest absolute Gasteiger partial charge is 0.390 e. The first kappa shape index (κ1) is 20.9. The van der Waals surface area contributed by atoms with Gasteiger partial charge in [0.2, 0.25) is 0 Å². The molecule has 1 saturated carbocycles. The molecule has 2 aromatic carbocycles. The molecular weight excluding hydrogens is 410 g/mol. The third-order valence-corrected chi connectivity index (χ3v) is 5.83. The molecule has 1 aliphatic carbocycles. The van der Waals surface area contributed by atoms with E-state index in [9.17, 15) is 13.9 Å². The fraction of sp³-hybridized carbons (Fsp3) is 0.318. The van der Waals surface area contributed by atoms with Crippen LogP contribution in [-0.2, 0) is 12.0 Å². The second kappa shape index (κ2) is 8.81. The molecule has 2 atom stereocenters. The molecule has 4 rings (SSSR count). The summed E-state index contributed by atoms with van der Waals surface area (Å²) in [5, 5.41) is 18.4. The fourth-order valence-corrected chi connectivity index (χ4v) is 3.95. The molecule has 1 heterocycles. The van der Waals surface area contributed by atoms with Crippen LogP contribution in [-0.4, -0.2) is 33.6 Å². The summed E-state index contributed by atoms with van der Waals surface area (Å²) in [6, 6.07) is 12.8. The Balaban J connectivity index is 1.41. The summed E-state index contributed by atoms with van der Waals surface area (Å²) in [5.74, 6) is -1.31. The Hall–Kier alpha value is -2.32.